The van der Waals surface area contributed by atoms with E-state index in [1.54, 1.807) is 0 Å². The van der Waals surface area contributed by atoms with Crippen LogP contribution in [0.4, 0.5) is 11.6 Å². The van der Waals surface area contributed by atoms with Crippen LogP contribution in [0.2, 0.25) is 0 Å². The SMILES string of the molecule is CC(=O)CCn1cnc([N+](=O)[O-])c1[N+](=O)[O-]. The molecule has 1 heterocycles. The van der Waals surface area contributed by atoms with E-state index in [2.05, 4.69) is 4.98 Å². The molecule has 9 nitrogen and oxygen atoms in total. The van der Waals surface area contributed by atoms with Crippen molar-refractivity contribution in [1.29, 1.82) is 0 Å². The van der Waals surface area contributed by atoms with Crippen molar-refractivity contribution in [3.05, 3.63) is 26.6 Å². The van der Waals surface area contributed by atoms with Crippen LogP contribution < -0.4 is 0 Å². The molecule has 0 N–H and O–H groups in total. The maximum atomic E-state index is 10.7. The Hall–Kier alpha value is -2.32. The van der Waals surface area contributed by atoms with Crippen molar-refractivity contribution >= 4 is 17.4 Å². The number of ketones is 1. The summed E-state index contributed by atoms with van der Waals surface area (Å²) in [7, 11) is 0. The van der Waals surface area contributed by atoms with E-state index in [0.717, 1.165) is 10.9 Å². The van der Waals surface area contributed by atoms with Crippen LogP contribution in [0.1, 0.15) is 13.3 Å². The van der Waals surface area contributed by atoms with Gasteiger partial charge in [0, 0.05) is 11.4 Å². The summed E-state index contributed by atoms with van der Waals surface area (Å²) in [5, 5.41) is 21.0. The molecular weight excluding hydrogens is 220 g/mol. The van der Waals surface area contributed by atoms with E-state index in [1.165, 1.54) is 6.92 Å². The Morgan fingerprint density at radius 3 is 2.50 bits per heavy atom. The van der Waals surface area contributed by atoms with Gasteiger partial charge in [0.15, 0.2) is 0 Å². The van der Waals surface area contributed by atoms with Crippen molar-refractivity contribution in [1.82, 2.24) is 9.55 Å². The van der Waals surface area contributed by atoms with Crippen LogP contribution in [-0.2, 0) is 11.3 Å². The molecule has 9 heteroatoms. The average molecular weight is 228 g/mol. The molecule has 0 saturated heterocycles. The Morgan fingerprint density at radius 1 is 1.44 bits per heavy atom. The molecular formula is C7H8N4O5. The molecule has 0 saturated carbocycles. The van der Waals surface area contributed by atoms with Crippen molar-refractivity contribution in [2.45, 2.75) is 19.9 Å². The van der Waals surface area contributed by atoms with Crippen molar-refractivity contribution in [2.75, 3.05) is 0 Å². The summed E-state index contributed by atoms with van der Waals surface area (Å²) in [5.74, 6) is -1.68. The first-order valence-corrected chi connectivity index (χ1v) is 4.27. The fourth-order valence-corrected chi connectivity index (χ4v) is 1.12. The Balaban J connectivity index is 3.05. The summed E-state index contributed by atoms with van der Waals surface area (Å²) in [6.45, 7) is 1.34. The van der Waals surface area contributed by atoms with Gasteiger partial charge in [-0.3, -0.25) is 4.79 Å². The Labute approximate surface area is 89.0 Å². The molecule has 16 heavy (non-hydrogen) atoms. The maximum Gasteiger partial charge on any atom is 0.462 e. The second kappa shape index (κ2) is 4.47. The van der Waals surface area contributed by atoms with E-state index in [0.29, 0.717) is 0 Å². The molecule has 86 valence electrons. The average Bonchev–Trinajstić information content (AvgIpc) is 2.57. The third kappa shape index (κ3) is 2.38. The minimum absolute atomic E-state index is 0.00644. The van der Waals surface area contributed by atoms with E-state index >= 15 is 0 Å². The van der Waals surface area contributed by atoms with Gasteiger partial charge in [-0.15, -0.1) is 0 Å². The number of aromatic nitrogens is 2. The van der Waals surface area contributed by atoms with Gasteiger partial charge in [-0.25, -0.2) is 0 Å². The predicted molar refractivity (Wildman–Crippen MR) is 50.8 cm³/mol. The van der Waals surface area contributed by atoms with Gasteiger partial charge in [0.25, 0.3) is 6.33 Å². The van der Waals surface area contributed by atoms with Crippen molar-refractivity contribution in [3.8, 4) is 0 Å². The number of nitro groups is 2. The highest BCUT2D eigenvalue weighted by Crippen LogP contribution is 2.24. The van der Waals surface area contributed by atoms with Gasteiger partial charge in [0.05, 0.1) is 0 Å². The first-order chi connectivity index (χ1) is 7.43. The first kappa shape index (κ1) is 11.8. The molecule has 0 spiro atoms. The number of hydrogen-bond donors (Lipinski definition) is 0. The van der Waals surface area contributed by atoms with Crippen LogP contribution in [0, 0.1) is 20.2 Å². The zero-order chi connectivity index (χ0) is 12.3. The molecule has 0 aliphatic rings. The van der Waals surface area contributed by atoms with Crippen LogP contribution >= 0.6 is 0 Å². The van der Waals surface area contributed by atoms with E-state index in [9.17, 15) is 25.0 Å². The van der Waals surface area contributed by atoms with Gasteiger partial charge < -0.3 is 20.2 Å². The number of imidazole rings is 1. The number of Topliss-reactive ketones (excluding diaryl/α,β-unsaturated/α-hetero) is 1. The molecule has 0 radical (unpaired) electrons. The molecule has 0 unspecified atom stereocenters. The van der Waals surface area contributed by atoms with E-state index in [1.807, 2.05) is 0 Å². The normalized spacial score (nSPS) is 10.1. The lowest BCUT2D eigenvalue weighted by molar-refractivity contribution is -0.428. The van der Waals surface area contributed by atoms with Crippen LogP contribution in [0.3, 0.4) is 0 Å². The lowest BCUT2D eigenvalue weighted by Crippen LogP contribution is -2.06. The summed E-state index contributed by atoms with van der Waals surface area (Å²) in [4.78, 5) is 33.3. The highest BCUT2D eigenvalue weighted by atomic mass is 16.6. The standard InChI is InChI=1S/C7H8N4O5/c1-5(12)2-3-9-4-8-6(10(13)14)7(9)11(15)16/h4H,2-3H2,1H3. The highest BCUT2D eigenvalue weighted by molar-refractivity contribution is 5.75. The summed E-state index contributed by atoms with van der Waals surface area (Å²) in [6, 6.07) is 0. The molecule has 0 aromatic carbocycles. The van der Waals surface area contributed by atoms with Gasteiger partial charge in [0.1, 0.15) is 12.3 Å². The van der Waals surface area contributed by atoms with E-state index in [-0.39, 0.29) is 18.7 Å². The second-order valence-electron chi connectivity index (χ2n) is 3.05. The molecule has 0 aliphatic carbocycles. The van der Waals surface area contributed by atoms with Crippen LogP contribution in [0.25, 0.3) is 0 Å². The molecule has 1 aromatic heterocycles. The summed E-state index contributed by atoms with van der Waals surface area (Å²) >= 11 is 0. The largest absolute Gasteiger partial charge is 0.462 e. The predicted octanol–water partition coefficient (Wildman–Crippen LogP) is 0.679. The van der Waals surface area contributed by atoms with Crippen molar-refractivity contribution in [3.63, 3.8) is 0 Å². The van der Waals surface area contributed by atoms with Crippen molar-refractivity contribution < 1.29 is 14.6 Å². The second-order valence-corrected chi connectivity index (χ2v) is 3.05. The minimum Gasteiger partial charge on any atom is -0.358 e. The van der Waals surface area contributed by atoms with Crippen LogP contribution in [0.15, 0.2) is 6.33 Å². The number of carbonyl (C=O) groups is 1. The monoisotopic (exact) mass is 228 g/mol. The van der Waals surface area contributed by atoms with Gasteiger partial charge in [-0.05, 0) is 16.8 Å². The maximum absolute atomic E-state index is 10.7. The molecule has 0 fully saturated rings. The van der Waals surface area contributed by atoms with Crippen molar-refractivity contribution in [2.24, 2.45) is 0 Å². The topological polar surface area (TPSA) is 121 Å². The zero-order valence-corrected chi connectivity index (χ0v) is 8.32. The highest BCUT2D eigenvalue weighted by Gasteiger charge is 2.31. The quantitative estimate of drug-likeness (QED) is 0.539. The number of hydrogen-bond acceptors (Lipinski definition) is 6. The van der Waals surface area contributed by atoms with Crippen LogP contribution in [0.5, 0.6) is 0 Å². The molecule has 1 rings (SSSR count). The lowest BCUT2D eigenvalue weighted by Gasteiger charge is -1.97. The number of nitrogens with zero attached hydrogens (tertiary/aromatic N) is 4. The smallest absolute Gasteiger partial charge is 0.358 e. The number of aryl methyl sites for hydroxylation is 1. The van der Waals surface area contributed by atoms with Gasteiger partial charge >= 0.3 is 11.6 Å². The van der Waals surface area contributed by atoms with Gasteiger partial charge in [0.2, 0.25) is 0 Å². The minimum atomic E-state index is -0.928. The molecule has 0 aliphatic heterocycles. The lowest BCUT2D eigenvalue weighted by atomic mass is 10.3. The fourth-order valence-electron chi connectivity index (χ4n) is 1.12. The third-order valence-electron chi connectivity index (χ3n) is 1.84. The number of rotatable bonds is 5. The molecule has 1 aromatic rings. The molecule has 0 bridgehead atoms. The van der Waals surface area contributed by atoms with Gasteiger partial charge in [-0.1, -0.05) is 0 Å². The molecule has 0 atom stereocenters. The number of carbonyl (C=O) groups excluding carboxylic acids is 1. The summed E-state index contributed by atoms with van der Waals surface area (Å²) < 4.78 is 0.986. The van der Waals surface area contributed by atoms with Gasteiger partial charge in [-0.2, -0.15) is 4.57 Å². The van der Waals surface area contributed by atoms with E-state index < -0.39 is 21.5 Å². The first-order valence-electron chi connectivity index (χ1n) is 4.27. The summed E-state index contributed by atoms with van der Waals surface area (Å²) in [5.41, 5.74) is 0. The van der Waals surface area contributed by atoms with Crippen LogP contribution in [-0.4, -0.2) is 25.2 Å². The van der Waals surface area contributed by atoms with E-state index in [4.69, 9.17) is 0 Å². The third-order valence-corrected chi connectivity index (χ3v) is 1.84. The Bertz CT molecular complexity index is 452. The Kier molecular flexibility index (Phi) is 3.28. The molecule has 0 amide bonds. The summed E-state index contributed by atoms with van der Waals surface area (Å²) in [6.07, 6.45) is 1.05. The zero-order valence-electron chi connectivity index (χ0n) is 8.32. The Morgan fingerprint density at radius 2 is 2.06 bits per heavy atom. The fraction of sp³-hybridized carbons (Fsp3) is 0.429.